The summed E-state index contributed by atoms with van der Waals surface area (Å²) in [6.07, 6.45) is 2.61. The highest BCUT2D eigenvalue weighted by atomic mass is 16.5. The number of hydrogen-bond donors (Lipinski definition) is 2. The Labute approximate surface area is 130 Å². The summed E-state index contributed by atoms with van der Waals surface area (Å²) >= 11 is 0. The molecule has 2 N–H and O–H groups in total. The summed E-state index contributed by atoms with van der Waals surface area (Å²) in [6.45, 7) is 3.86. The number of anilines is 1. The van der Waals surface area contributed by atoms with E-state index < -0.39 is 11.9 Å². The number of carbonyl (C=O) groups excluding carboxylic acids is 1. The largest absolute Gasteiger partial charge is 0.496 e. The van der Waals surface area contributed by atoms with Crippen molar-refractivity contribution in [1.29, 1.82) is 0 Å². The summed E-state index contributed by atoms with van der Waals surface area (Å²) in [4.78, 5) is 23.5. The molecule has 0 bridgehead atoms. The normalized spacial score (nSPS) is 21.2. The molecule has 2 unspecified atom stereocenters. The van der Waals surface area contributed by atoms with Gasteiger partial charge in [0.05, 0.1) is 13.0 Å². The molecule has 0 radical (unpaired) electrons. The van der Waals surface area contributed by atoms with Gasteiger partial charge in [0.2, 0.25) is 5.91 Å². The minimum absolute atomic E-state index is 0.0973. The highest BCUT2D eigenvalue weighted by Gasteiger charge is 2.31. The molecule has 0 saturated heterocycles. The van der Waals surface area contributed by atoms with E-state index in [0.29, 0.717) is 12.8 Å². The Kier molecular flexibility index (Phi) is 5.06. The monoisotopic (exact) mass is 305 g/mol. The number of aliphatic carboxylic acids is 1. The molecule has 1 amide bonds. The summed E-state index contributed by atoms with van der Waals surface area (Å²) in [5, 5.41) is 12.1. The zero-order valence-electron chi connectivity index (χ0n) is 13.3. The lowest BCUT2D eigenvalue weighted by Gasteiger charge is -2.26. The molecule has 0 aromatic heterocycles. The molecular formula is C17H23NO4. The highest BCUT2D eigenvalue weighted by Crippen LogP contribution is 2.32. The first-order valence-corrected chi connectivity index (χ1v) is 7.62. The van der Waals surface area contributed by atoms with Crippen molar-refractivity contribution >= 4 is 17.6 Å². The first-order chi connectivity index (χ1) is 10.4. The Balaban J connectivity index is 2.10. The molecule has 1 aliphatic carbocycles. The van der Waals surface area contributed by atoms with E-state index >= 15 is 0 Å². The highest BCUT2D eigenvalue weighted by molar-refractivity contribution is 5.94. The number of amides is 1. The Bertz CT molecular complexity index is 582. The van der Waals surface area contributed by atoms with Crippen LogP contribution in [0.5, 0.6) is 5.75 Å². The molecule has 120 valence electrons. The van der Waals surface area contributed by atoms with Gasteiger partial charge in [-0.2, -0.15) is 0 Å². The van der Waals surface area contributed by atoms with E-state index in [1.54, 1.807) is 7.11 Å². The average Bonchev–Trinajstić information content (AvgIpc) is 2.50. The molecule has 22 heavy (non-hydrogen) atoms. The van der Waals surface area contributed by atoms with Gasteiger partial charge in [-0.1, -0.05) is 12.5 Å². The number of rotatable bonds is 4. The van der Waals surface area contributed by atoms with Crippen LogP contribution in [-0.4, -0.2) is 24.1 Å². The van der Waals surface area contributed by atoms with Gasteiger partial charge in [-0.25, -0.2) is 0 Å². The lowest BCUT2D eigenvalue weighted by atomic mass is 9.81. The van der Waals surface area contributed by atoms with Gasteiger partial charge in [-0.05, 0) is 44.7 Å². The summed E-state index contributed by atoms with van der Waals surface area (Å²) in [6, 6.07) is 3.77. The second-order valence-corrected chi connectivity index (χ2v) is 5.98. The molecule has 1 aromatic rings. The van der Waals surface area contributed by atoms with Crippen LogP contribution in [0.15, 0.2) is 12.1 Å². The fraction of sp³-hybridized carbons (Fsp3) is 0.529. The van der Waals surface area contributed by atoms with E-state index in [4.69, 9.17) is 9.84 Å². The number of nitrogens with one attached hydrogen (secondary N) is 1. The average molecular weight is 305 g/mol. The van der Waals surface area contributed by atoms with Crippen LogP contribution in [0.2, 0.25) is 0 Å². The first kappa shape index (κ1) is 16.3. The second-order valence-electron chi connectivity index (χ2n) is 5.98. The maximum absolute atomic E-state index is 12.4. The van der Waals surface area contributed by atoms with E-state index in [9.17, 15) is 9.59 Å². The van der Waals surface area contributed by atoms with Crippen LogP contribution in [0, 0.1) is 25.7 Å². The SMILES string of the molecule is COc1c(C)ccc(NC(=O)C2CCCC(C(=O)O)C2)c1C. The first-order valence-electron chi connectivity index (χ1n) is 7.62. The van der Waals surface area contributed by atoms with Crippen molar-refractivity contribution in [3.8, 4) is 5.75 Å². The third kappa shape index (κ3) is 3.40. The minimum atomic E-state index is -0.800. The summed E-state index contributed by atoms with van der Waals surface area (Å²) in [5.41, 5.74) is 2.63. The Morgan fingerprint density at radius 2 is 1.91 bits per heavy atom. The van der Waals surface area contributed by atoms with E-state index in [1.807, 2.05) is 26.0 Å². The standard InChI is InChI=1S/C17H23NO4/c1-10-7-8-14(11(2)15(10)22-3)18-16(19)12-5-4-6-13(9-12)17(20)21/h7-8,12-13H,4-6,9H2,1-3H3,(H,18,19)(H,20,21). The summed E-state index contributed by atoms with van der Waals surface area (Å²) < 4.78 is 5.36. The number of aryl methyl sites for hydroxylation is 1. The lowest BCUT2D eigenvalue weighted by molar-refractivity contribution is -0.143. The molecule has 5 nitrogen and oxygen atoms in total. The van der Waals surface area contributed by atoms with Crippen molar-refractivity contribution in [3.05, 3.63) is 23.3 Å². The number of methoxy groups -OCH3 is 1. The third-order valence-corrected chi connectivity index (χ3v) is 4.46. The van der Waals surface area contributed by atoms with Crippen LogP contribution >= 0.6 is 0 Å². The van der Waals surface area contributed by atoms with Crippen molar-refractivity contribution < 1.29 is 19.4 Å². The third-order valence-electron chi connectivity index (χ3n) is 4.46. The van der Waals surface area contributed by atoms with E-state index in [0.717, 1.165) is 35.4 Å². The molecule has 1 saturated carbocycles. The Morgan fingerprint density at radius 1 is 1.23 bits per heavy atom. The predicted molar refractivity (Wildman–Crippen MR) is 84.2 cm³/mol. The van der Waals surface area contributed by atoms with Gasteiger partial charge in [0.25, 0.3) is 0 Å². The van der Waals surface area contributed by atoms with E-state index in [1.165, 1.54) is 0 Å². The zero-order valence-corrected chi connectivity index (χ0v) is 13.3. The molecule has 1 aliphatic rings. The maximum Gasteiger partial charge on any atom is 0.306 e. The number of carbonyl (C=O) groups is 2. The molecule has 1 fully saturated rings. The van der Waals surface area contributed by atoms with Crippen molar-refractivity contribution in [2.75, 3.05) is 12.4 Å². The number of benzene rings is 1. The second kappa shape index (κ2) is 6.81. The van der Waals surface area contributed by atoms with Gasteiger partial charge >= 0.3 is 5.97 Å². The van der Waals surface area contributed by atoms with E-state index in [2.05, 4.69) is 5.32 Å². The van der Waals surface area contributed by atoms with Crippen molar-refractivity contribution in [1.82, 2.24) is 0 Å². The molecule has 5 heteroatoms. The van der Waals surface area contributed by atoms with Gasteiger partial charge in [-0.15, -0.1) is 0 Å². The number of ether oxygens (including phenoxy) is 1. The maximum atomic E-state index is 12.4. The van der Waals surface area contributed by atoms with E-state index in [-0.39, 0.29) is 11.8 Å². The summed E-state index contributed by atoms with van der Waals surface area (Å²) in [5.74, 6) is -0.768. The lowest BCUT2D eigenvalue weighted by Crippen LogP contribution is -2.31. The zero-order chi connectivity index (χ0) is 16.3. The molecule has 2 rings (SSSR count). The predicted octanol–water partition coefficient (Wildman–Crippen LogP) is 3.14. The van der Waals surface area contributed by atoms with Gasteiger partial charge in [0.15, 0.2) is 0 Å². The van der Waals surface area contributed by atoms with Gasteiger partial charge in [-0.3, -0.25) is 9.59 Å². The van der Waals surface area contributed by atoms with Crippen LogP contribution in [0.3, 0.4) is 0 Å². The van der Waals surface area contributed by atoms with Crippen molar-refractivity contribution in [3.63, 3.8) is 0 Å². The quantitative estimate of drug-likeness (QED) is 0.896. The van der Waals surface area contributed by atoms with Gasteiger partial charge < -0.3 is 15.2 Å². The van der Waals surface area contributed by atoms with Crippen LogP contribution in [0.1, 0.15) is 36.8 Å². The Morgan fingerprint density at radius 3 is 2.55 bits per heavy atom. The van der Waals surface area contributed by atoms with Crippen molar-refractivity contribution in [2.45, 2.75) is 39.5 Å². The van der Waals surface area contributed by atoms with Gasteiger partial charge in [0, 0.05) is 17.2 Å². The fourth-order valence-corrected chi connectivity index (χ4v) is 3.16. The van der Waals surface area contributed by atoms with Crippen LogP contribution < -0.4 is 10.1 Å². The smallest absolute Gasteiger partial charge is 0.306 e. The number of hydrogen-bond acceptors (Lipinski definition) is 3. The Hall–Kier alpha value is -2.04. The molecular weight excluding hydrogens is 282 g/mol. The van der Waals surface area contributed by atoms with Crippen LogP contribution in [0.25, 0.3) is 0 Å². The summed E-state index contributed by atoms with van der Waals surface area (Å²) in [7, 11) is 1.61. The molecule has 2 atom stereocenters. The van der Waals surface area contributed by atoms with Crippen LogP contribution in [0.4, 0.5) is 5.69 Å². The van der Waals surface area contributed by atoms with Crippen molar-refractivity contribution in [2.24, 2.45) is 11.8 Å². The minimum Gasteiger partial charge on any atom is -0.496 e. The molecule has 0 heterocycles. The number of carboxylic acid groups (broad SMARTS) is 1. The van der Waals surface area contributed by atoms with Crippen LogP contribution in [-0.2, 0) is 9.59 Å². The fourth-order valence-electron chi connectivity index (χ4n) is 3.16. The number of carboxylic acids is 1. The molecule has 0 spiro atoms. The molecule has 0 aliphatic heterocycles. The molecule has 1 aromatic carbocycles. The van der Waals surface area contributed by atoms with Gasteiger partial charge in [0.1, 0.15) is 5.75 Å². The topological polar surface area (TPSA) is 75.6 Å².